The Morgan fingerprint density at radius 1 is 1.64 bits per heavy atom. The maximum absolute atomic E-state index is 10.3. The fourth-order valence-corrected chi connectivity index (χ4v) is 2.20. The molecule has 2 atom stereocenters. The van der Waals surface area contributed by atoms with E-state index in [-0.39, 0.29) is 6.54 Å². The van der Waals surface area contributed by atoms with Crippen LogP contribution in [-0.4, -0.2) is 34.9 Å². The topological polar surface area (TPSA) is 69.6 Å². The van der Waals surface area contributed by atoms with Crippen LogP contribution in [0.4, 0.5) is 0 Å². The van der Waals surface area contributed by atoms with Gasteiger partial charge in [0.05, 0.1) is 12.1 Å². The third-order valence-corrected chi connectivity index (χ3v) is 2.80. The van der Waals surface area contributed by atoms with Gasteiger partial charge in [-0.05, 0) is 18.8 Å². The Morgan fingerprint density at radius 2 is 2.36 bits per heavy atom. The van der Waals surface area contributed by atoms with Crippen LogP contribution >= 0.6 is 0 Å². The van der Waals surface area contributed by atoms with Crippen molar-refractivity contribution < 1.29 is 15.0 Å². The van der Waals surface area contributed by atoms with Gasteiger partial charge in [0.2, 0.25) is 0 Å². The minimum Gasteiger partial charge on any atom is -0.480 e. The predicted molar refractivity (Wildman–Crippen MR) is 53.1 cm³/mol. The van der Waals surface area contributed by atoms with E-state index in [0.717, 1.165) is 19.3 Å². The van der Waals surface area contributed by atoms with Crippen molar-refractivity contribution in [2.45, 2.75) is 38.2 Å². The van der Waals surface area contributed by atoms with Crippen LogP contribution in [0, 0.1) is 5.92 Å². The number of carbonyl (C=O) groups is 1. The zero-order valence-corrected chi connectivity index (χ0v) is 8.62. The van der Waals surface area contributed by atoms with Crippen molar-refractivity contribution in [1.29, 1.82) is 0 Å². The zero-order valence-electron chi connectivity index (χ0n) is 8.62. The number of aliphatic carboxylic acids is 1. The van der Waals surface area contributed by atoms with Crippen LogP contribution in [0.25, 0.3) is 0 Å². The number of hydrogen-bond acceptors (Lipinski definition) is 3. The Hall–Kier alpha value is -0.610. The summed E-state index contributed by atoms with van der Waals surface area (Å²) in [7, 11) is 0. The molecule has 1 saturated carbocycles. The average Bonchev–Trinajstić information content (AvgIpc) is 2.01. The molecule has 1 aliphatic carbocycles. The maximum atomic E-state index is 10.3. The zero-order chi connectivity index (χ0) is 10.6. The molecule has 0 aromatic heterocycles. The lowest BCUT2D eigenvalue weighted by Crippen LogP contribution is -2.45. The summed E-state index contributed by atoms with van der Waals surface area (Å²) in [5.74, 6) is -0.335. The normalized spacial score (nSPS) is 32.9. The second-order valence-corrected chi connectivity index (χ2v) is 4.42. The van der Waals surface area contributed by atoms with E-state index in [0.29, 0.717) is 12.5 Å². The van der Waals surface area contributed by atoms with Crippen molar-refractivity contribution in [1.82, 2.24) is 5.32 Å². The van der Waals surface area contributed by atoms with Crippen LogP contribution in [-0.2, 0) is 4.79 Å². The molecule has 0 saturated heterocycles. The number of carboxylic acid groups (broad SMARTS) is 1. The molecule has 4 nitrogen and oxygen atoms in total. The highest BCUT2D eigenvalue weighted by molar-refractivity contribution is 5.68. The van der Waals surface area contributed by atoms with Gasteiger partial charge in [0.25, 0.3) is 0 Å². The molecule has 0 radical (unpaired) electrons. The van der Waals surface area contributed by atoms with E-state index >= 15 is 0 Å². The highest BCUT2D eigenvalue weighted by Gasteiger charge is 2.32. The van der Waals surface area contributed by atoms with Crippen molar-refractivity contribution in [2.75, 3.05) is 13.1 Å². The maximum Gasteiger partial charge on any atom is 0.317 e. The monoisotopic (exact) mass is 201 g/mol. The SMILES string of the molecule is CC1CCCC(O)(CNCC(=O)O)C1. The van der Waals surface area contributed by atoms with E-state index in [4.69, 9.17) is 5.11 Å². The summed E-state index contributed by atoms with van der Waals surface area (Å²) >= 11 is 0. The summed E-state index contributed by atoms with van der Waals surface area (Å²) in [4.78, 5) is 10.3. The first-order chi connectivity index (χ1) is 6.52. The number of rotatable bonds is 4. The number of nitrogens with one attached hydrogen (secondary N) is 1. The van der Waals surface area contributed by atoms with Crippen molar-refractivity contribution in [3.05, 3.63) is 0 Å². The number of hydrogen-bond donors (Lipinski definition) is 3. The summed E-state index contributed by atoms with van der Waals surface area (Å²) < 4.78 is 0. The lowest BCUT2D eigenvalue weighted by atomic mass is 9.79. The Balaban J connectivity index is 2.29. The molecule has 14 heavy (non-hydrogen) atoms. The summed E-state index contributed by atoms with van der Waals surface area (Å²) in [5, 5.41) is 21.3. The second kappa shape index (κ2) is 4.75. The van der Waals surface area contributed by atoms with Crippen molar-refractivity contribution in [3.63, 3.8) is 0 Å². The Bertz CT molecular complexity index is 208. The molecule has 0 aliphatic heterocycles. The highest BCUT2D eigenvalue weighted by atomic mass is 16.4. The lowest BCUT2D eigenvalue weighted by molar-refractivity contribution is -0.136. The van der Waals surface area contributed by atoms with Crippen molar-refractivity contribution in [2.24, 2.45) is 5.92 Å². The first-order valence-electron chi connectivity index (χ1n) is 5.17. The van der Waals surface area contributed by atoms with Crippen molar-refractivity contribution >= 4 is 5.97 Å². The second-order valence-electron chi connectivity index (χ2n) is 4.42. The van der Waals surface area contributed by atoms with E-state index in [9.17, 15) is 9.90 Å². The van der Waals surface area contributed by atoms with E-state index in [1.165, 1.54) is 6.42 Å². The van der Waals surface area contributed by atoms with E-state index in [2.05, 4.69) is 12.2 Å². The quantitative estimate of drug-likeness (QED) is 0.623. The van der Waals surface area contributed by atoms with Gasteiger partial charge in [0, 0.05) is 6.54 Å². The van der Waals surface area contributed by atoms with Crippen LogP contribution in [0.3, 0.4) is 0 Å². The van der Waals surface area contributed by atoms with E-state index < -0.39 is 11.6 Å². The fourth-order valence-electron chi connectivity index (χ4n) is 2.20. The molecule has 0 bridgehead atoms. The average molecular weight is 201 g/mol. The molecule has 0 heterocycles. The van der Waals surface area contributed by atoms with Gasteiger partial charge in [0.15, 0.2) is 0 Å². The summed E-state index contributed by atoms with van der Waals surface area (Å²) in [5.41, 5.74) is -0.687. The summed E-state index contributed by atoms with van der Waals surface area (Å²) in [6, 6.07) is 0. The Morgan fingerprint density at radius 3 is 2.93 bits per heavy atom. The van der Waals surface area contributed by atoms with Gasteiger partial charge < -0.3 is 15.5 Å². The summed E-state index contributed by atoms with van der Waals surface area (Å²) in [6.45, 7) is 2.45. The van der Waals surface area contributed by atoms with Gasteiger partial charge >= 0.3 is 5.97 Å². The Labute approximate surface area is 84.3 Å². The minimum atomic E-state index is -0.877. The highest BCUT2D eigenvalue weighted by Crippen LogP contribution is 2.31. The first-order valence-corrected chi connectivity index (χ1v) is 5.17. The largest absolute Gasteiger partial charge is 0.480 e. The molecule has 1 rings (SSSR count). The van der Waals surface area contributed by atoms with E-state index in [1.54, 1.807) is 0 Å². The molecule has 3 N–H and O–H groups in total. The summed E-state index contributed by atoms with van der Waals surface area (Å²) in [6.07, 6.45) is 3.76. The van der Waals surface area contributed by atoms with Gasteiger partial charge in [-0.3, -0.25) is 4.79 Å². The number of carboxylic acids is 1. The molecular weight excluding hydrogens is 182 g/mol. The Kier molecular flexibility index (Phi) is 3.89. The molecular formula is C10H19NO3. The standard InChI is InChI=1S/C10H19NO3/c1-8-3-2-4-10(14,5-8)7-11-6-9(12)13/h8,11,14H,2-7H2,1H3,(H,12,13). The van der Waals surface area contributed by atoms with Crippen LogP contribution in [0.15, 0.2) is 0 Å². The van der Waals surface area contributed by atoms with Crippen LogP contribution < -0.4 is 5.32 Å². The molecule has 1 fully saturated rings. The van der Waals surface area contributed by atoms with Crippen LogP contribution in [0.5, 0.6) is 0 Å². The molecule has 2 unspecified atom stereocenters. The molecule has 0 aromatic rings. The van der Waals surface area contributed by atoms with Gasteiger partial charge in [-0.25, -0.2) is 0 Å². The third kappa shape index (κ3) is 3.64. The fraction of sp³-hybridized carbons (Fsp3) is 0.900. The lowest BCUT2D eigenvalue weighted by Gasteiger charge is -2.35. The molecule has 0 aromatic carbocycles. The third-order valence-electron chi connectivity index (χ3n) is 2.80. The van der Waals surface area contributed by atoms with Gasteiger partial charge in [-0.2, -0.15) is 0 Å². The minimum absolute atomic E-state index is 0.0727. The molecule has 0 amide bonds. The van der Waals surface area contributed by atoms with Gasteiger partial charge in [-0.15, -0.1) is 0 Å². The first kappa shape index (κ1) is 11.5. The molecule has 0 spiro atoms. The number of aliphatic hydroxyl groups is 1. The molecule has 1 aliphatic rings. The molecule has 4 heteroatoms. The van der Waals surface area contributed by atoms with Gasteiger partial charge in [0.1, 0.15) is 0 Å². The smallest absolute Gasteiger partial charge is 0.317 e. The predicted octanol–water partition coefficient (Wildman–Crippen LogP) is 0.602. The van der Waals surface area contributed by atoms with E-state index in [1.807, 2.05) is 0 Å². The van der Waals surface area contributed by atoms with Crippen molar-refractivity contribution in [3.8, 4) is 0 Å². The van der Waals surface area contributed by atoms with Crippen LogP contribution in [0.2, 0.25) is 0 Å². The van der Waals surface area contributed by atoms with Gasteiger partial charge in [-0.1, -0.05) is 19.8 Å². The molecule has 82 valence electrons. The van der Waals surface area contributed by atoms with Crippen LogP contribution in [0.1, 0.15) is 32.6 Å².